The zero-order valence-corrected chi connectivity index (χ0v) is 10.1. The van der Waals surface area contributed by atoms with Crippen molar-refractivity contribution in [2.45, 2.75) is 26.3 Å². The van der Waals surface area contributed by atoms with Gasteiger partial charge in [-0.2, -0.15) is 0 Å². The lowest BCUT2D eigenvalue weighted by molar-refractivity contribution is -0.121. The van der Waals surface area contributed by atoms with Gasteiger partial charge in [0.2, 0.25) is 5.91 Å². The van der Waals surface area contributed by atoms with Crippen molar-refractivity contribution in [3.8, 4) is 0 Å². The lowest BCUT2D eigenvalue weighted by atomic mass is 10.0. The van der Waals surface area contributed by atoms with Gasteiger partial charge in [-0.1, -0.05) is 32.0 Å². The SMILES string of the molecule is CC(C)C[C@H](N)C(=O)NC(=O)c1ccccc1. The topological polar surface area (TPSA) is 72.2 Å². The lowest BCUT2D eigenvalue weighted by Gasteiger charge is -2.13. The molecule has 0 aliphatic heterocycles. The molecule has 0 radical (unpaired) electrons. The summed E-state index contributed by atoms with van der Waals surface area (Å²) >= 11 is 0. The Hall–Kier alpha value is -1.68. The van der Waals surface area contributed by atoms with Crippen molar-refractivity contribution < 1.29 is 9.59 Å². The summed E-state index contributed by atoms with van der Waals surface area (Å²) in [5.74, 6) is -0.509. The second kappa shape index (κ2) is 6.15. The Morgan fingerprint density at radius 1 is 1.24 bits per heavy atom. The number of benzene rings is 1. The molecule has 3 N–H and O–H groups in total. The Morgan fingerprint density at radius 3 is 2.35 bits per heavy atom. The molecule has 0 spiro atoms. The van der Waals surface area contributed by atoms with Gasteiger partial charge in [-0.05, 0) is 24.5 Å². The highest BCUT2D eigenvalue weighted by atomic mass is 16.2. The van der Waals surface area contributed by atoms with Crippen LogP contribution in [-0.2, 0) is 4.79 Å². The fraction of sp³-hybridized carbons (Fsp3) is 0.385. The maximum Gasteiger partial charge on any atom is 0.257 e. The van der Waals surface area contributed by atoms with E-state index in [2.05, 4.69) is 5.32 Å². The van der Waals surface area contributed by atoms with Crippen molar-refractivity contribution in [1.29, 1.82) is 0 Å². The summed E-state index contributed by atoms with van der Waals surface area (Å²) in [5, 5.41) is 2.30. The molecule has 4 heteroatoms. The fourth-order valence-electron chi connectivity index (χ4n) is 1.48. The summed E-state index contributed by atoms with van der Waals surface area (Å²) in [7, 11) is 0. The molecular weight excluding hydrogens is 216 g/mol. The van der Waals surface area contributed by atoms with Crippen molar-refractivity contribution in [3.63, 3.8) is 0 Å². The third kappa shape index (κ3) is 4.36. The number of amides is 2. The minimum Gasteiger partial charge on any atom is -0.320 e. The molecule has 17 heavy (non-hydrogen) atoms. The number of imide groups is 1. The van der Waals surface area contributed by atoms with Gasteiger partial charge < -0.3 is 5.73 Å². The molecule has 92 valence electrons. The number of nitrogens with one attached hydrogen (secondary N) is 1. The minimum atomic E-state index is -0.636. The Morgan fingerprint density at radius 2 is 1.82 bits per heavy atom. The van der Waals surface area contributed by atoms with Gasteiger partial charge in [-0.25, -0.2) is 0 Å². The van der Waals surface area contributed by atoms with Gasteiger partial charge >= 0.3 is 0 Å². The van der Waals surface area contributed by atoms with Crippen LogP contribution in [-0.4, -0.2) is 17.9 Å². The summed E-state index contributed by atoms with van der Waals surface area (Å²) < 4.78 is 0. The zero-order valence-electron chi connectivity index (χ0n) is 10.1. The van der Waals surface area contributed by atoms with E-state index >= 15 is 0 Å². The molecule has 4 nitrogen and oxygen atoms in total. The molecule has 0 fully saturated rings. The smallest absolute Gasteiger partial charge is 0.257 e. The van der Waals surface area contributed by atoms with Crippen LogP contribution in [0.2, 0.25) is 0 Å². The van der Waals surface area contributed by atoms with Crippen LogP contribution in [0.4, 0.5) is 0 Å². The van der Waals surface area contributed by atoms with E-state index in [0.717, 1.165) is 0 Å². The van der Waals surface area contributed by atoms with E-state index in [4.69, 9.17) is 5.73 Å². The standard InChI is InChI=1S/C13H18N2O2/c1-9(2)8-11(14)13(17)15-12(16)10-6-4-3-5-7-10/h3-7,9,11H,8,14H2,1-2H3,(H,15,16,17)/t11-/m0/s1. The maximum atomic E-state index is 11.7. The van der Waals surface area contributed by atoms with E-state index in [-0.39, 0.29) is 0 Å². The van der Waals surface area contributed by atoms with Gasteiger partial charge in [0, 0.05) is 5.56 Å². The summed E-state index contributed by atoms with van der Waals surface area (Å²) in [6.07, 6.45) is 0.563. The van der Waals surface area contributed by atoms with E-state index in [1.165, 1.54) is 0 Å². The first-order valence-electron chi connectivity index (χ1n) is 5.66. The van der Waals surface area contributed by atoms with Crippen molar-refractivity contribution in [1.82, 2.24) is 5.32 Å². The second-order valence-electron chi connectivity index (χ2n) is 4.42. The Kier molecular flexibility index (Phi) is 4.84. The Bertz CT molecular complexity index is 388. The molecule has 0 aliphatic carbocycles. The number of hydrogen-bond donors (Lipinski definition) is 2. The number of carbonyl (C=O) groups excluding carboxylic acids is 2. The zero-order chi connectivity index (χ0) is 12.8. The highest BCUT2D eigenvalue weighted by Gasteiger charge is 2.17. The quantitative estimate of drug-likeness (QED) is 0.825. The fourth-order valence-corrected chi connectivity index (χ4v) is 1.48. The van der Waals surface area contributed by atoms with Crippen molar-refractivity contribution in [2.24, 2.45) is 11.7 Å². The summed E-state index contributed by atoms with van der Waals surface area (Å²) in [6, 6.07) is 7.96. The first-order valence-corrected chi connectivity index (χ1v) is 5.66. The number of rotatable bonds is 4. The van der Waals surface area contributed by atoms with Crippen LogP contribution in [0, 0.1) is 5.92 Å². The third-order valence-electron chi connectivity index (χ3n) is 2.33. The molecule has 0 heterocycles. The molecule has 1 atom stereocenters. The van der Waals surface area contributed by atoms with Crippen LogP contribution in [0.5, 0.6) is 0 Å². The predicted octanol–water partition coefficient (Wildman–Crippen LogP) is 1.32. The third-order valence-corrected chi connectivity index (χ3v) is 2.33. The van der Waals surface area contributed by atoms with E-state index < -0.39 is 17.9 Å². The normalized spacial score (nSPS) is 12.2. The molecule has 0 aliphatic rings. The highest BCUT2D eigenvalue weighted by Crippen LogP contribution is 2.03. The molecule has 2 amide bonds. The lowest BCUT2D eigenvalue weighted by Crippen LogP contribution is -2.44. The second-order valence-corrected chi connectivity index (χ2v) is 4.42. The van der Waals surface area contributed by atoms with E-state index in [9.17, 15) is 9.59 Å². The Labute approximate surface area is 101 Å². The summed E-state index contributed by atoms with van der Waals surface area (Å²) in [6.45, 7) is 3.96. The van der Waals surface area contributed by atoms with Crippen LogP contribution in [0.15, 0.2) is 30.3 Å². The average Bonchev–Trinajstić information content (AvgIpc) is 2.29. The predicted molar refractivity (Wildman–Crippen MR) is 66.3 cm³/mol. The van der Waals surface area contributed by atoms with E-state index in [1.807, 2.05) is 19.9 Å². The number of hydrogen-bond acceptors (Lipinski definition) is 3. The van der Waals surface area contributed by atoms with Gasteiger partial charge in [0.15, 0.2) is 0 Å². The molecule has 0 saturated carbocycles. The number of carbonyl (C=O) groups is 2. The summed E-state index contributed by atoms with van der Waals surface area (Å²) in [4.78, 5) is 23.3. The van der Waals surface area contributed by atoms with Crippen LogP contribution in [0.1, 0.15) is 30.6 Å². The van der Waals surface area contributed by atoms with Crippen molar-refractivity contribution >= 4 is 11.8 Å². The van der Waals surface area contributed by atoms with E-state index in [0.29, 0.717) is 17.9 Å². The Balaban J connectivity index is 2.55. The highest BCUT2D eigenvalue weighted by molar-refractivity contribution is 6.05. The molecule has 0 saturated heterocycles. The van der Waals surface area contributed by atoms with Crippen LogP contribution >= 0.6 is 0 Å². The maximum absolute atomic E-state index is 11.7. The molecule has 1 aromatic rings. The summed E-state index contributed by atoms with van der Waals surface area (Å²) in [5.41, 5.74) is 6.14. The van der Waals surface area contributed by atoms with Gasteiger partial charge in [-0.3, -0.25) is 14.9 Å². The van der Waals surface area contributed by atoms with Crippen LogP contribution < -0.4 is 11.1 Å². The number of nitrogens with two attached hydrogens (primary N) is 1. The van der Waals surface area contributed by atoms with Crippen molar-refractivity contribution in [2.75, 3.05) is 0 Å². The molecule has 0 bridgehead atoms. The first-order chi connectivity index (χ1) is 8.00. The van der Waals surface area contributed by atoms with Gasteiger partial charge in [0.25, 0.3) is 5.91 Å². The largest absolute Gasteiger partial charge is 0.320 e. The minimum absolute atomic E-state index is 0.322. The monoisotopic (exact) mass is 234 g/mol. The molecular formula is C13H18N2O2. The van der Waals surface area contributed by atoms with Crippen molar-refractivity contribution in [3.05, 3.63) is 35.9 Å². The molecule has 0 aromatic heterocycles. The average molecular weight is 234 g/mol. The molecule has 0 unspecified atom stereocenters. The first kappa shape index (κ1) is 13.4. The molecule has 1 rings (SSSR count). The molecule has 1 aromatic carbocycles. The van der Waals surface area contributed by atoms with Gasteiger partial charge in [-0.15, -0.1) is 0 Å². The van der Waals surface area contributed by atoms with Gasteiger partial charge in [0.1, 0.15) is 0 Å². The van der Waals surface area contributed by atoms with Crippen LogP contribution in [0.25, 0.3) is 0 Å². The van der Waals surface area contributed by atoms with E-state index in [1.54, 1.807) is 24.3 Å². The van der Waals surface area contributed by atoms with Crippen LogP contribution in [0.3, 0.4) is 0 Å². The van der Waals surface area contributed by atoms with Gasteiger partial charge in [0.05, 0.1) is 6.04 Å².